The van der Waals surface area contributed by atoms with Crippen molar-refractivity contribution in [3.05, 3.63) is 0 Å². The summed E-state index contributed by atoms with van der Waals surface area (Å²) < 4.78 is 0. The topological polar surface area (TPSA) is 81.1 Å². The second-order valence-electron chi connectivity index (χ2n) is 6.86. The third kappa shape index (κ3) is 3.95. The van der Waals surface area contributed by atoms with Crippen LogP contribution >= 0.6 is 0 Å². The average molecular weight is 298 g/mol. The molecule has 2 aliphatic rings. The highest BCUT2D eigenvalue weighted by Crippen LogP contribution is 2.28. The van der Waals surface area contributed by atoms with Crippen LogP contribution in [-0.4, -0.2) is 70.2 Å². The largest absolute Gasteiger partial charge is 0.391 e. The quantitative estimate of drug-likeness (QED) is 0.764. The Hall–Kier alpha value is -1.14. The van der Waals surface area contributed by atoms with Crippen molar-refractivity contribution in [3.8, 4) is 0 Å². The molecule has 21 heavy (non-hydrogen) atoms. The van der Waals surface area contributed by atoms with Crippen LogP contribution in [0.15, 0.2) is 0 Å². The molecule has 2 aliphatic heterocycles. The zero-order valence-electron chi connectivity index (χ0n) is 12.9. The van der Waals surface area contributed by atoms with Gasteiger partial charge in [-0.1, -0.05) is 13.8 Å². The van der Waals surface area contributed by atoms with Crippen LogP contribution in [0.5, 0.6) is 0 Å². The molecule has 2 N–H and O–H groups in total. The maximum absolute atomic E-state index is 12.4. The molecule has 0 unspecified atom stereocenters. The number of hydrogen-bond acceptors (Lipinski definition) is 4. The van der Waals surface area contributed by atoms with Crippen molar-refractivity contribution in [2.45, 2.75) is 51.7 Å². The number of amides is 2. The minimum atomic E-state index is -0.599. The standard InChI is InChI=1S/C15H26N2O4/c1-15(2,14(21)17-8-5-12(19)10-17)6-3-13(20)16-7-4-11(18)9-16/h11-12,18-19H,3-10H2,1-2H3/t11-,12-/m1/s1. The fourth-order valence-electron chi connectivity index (χ4n) is 3.01. The van der Waals surface area contributed by atoms with E-state index < -0.39 is 17.6 Å². The lowest BCUT2D eigenvalue weighted by atomic mass is 9.86. The Bertz CT molecular complexity index is 410. The van der Waals surface area contributed by atoms with Gasteiger partial charge in [-0.15, -0.1) is 0 Å². The highest BCUT2D eigenvalue weighted by atomic mass is 16.3. The number of hydrogen-bond donors (Lipinski definition) is 2. The summed E-state index contributed by atoms with van der Waals surface area (Å²) in [6.07, 6.45) is 1.25. The van der Waals surface area contributed by atoms with E-state index >= 15 is 0 Å². The summed E-state index contributed by atoms with van der Waals surface area (Å²) in [6.45, 7) is 5.71. The predicted molar refractivity (Wildman–Crippen MR) is 77.4 cm³/mol. The lowest BCUT2D eigenvalue weighted by molar-refractivity contribution is -0.141. The number of carbonyl (C=O) groups is 2. The third-order valence-corrected chi connectivity index (χ3v) is 4.51. The number of carbonyl (C=O) groups excluding carboxylic acids is 2. The van der Waals surface area contributed by atoms with E-state index in [1.54, 1.807) is 9.80 Å². The van der Waals surface area contributed by atoms with Gasteiger partial charge in [-0.25, -0.2) is 0 Å². The van der Waals surface area contributed by atoms with Gasteiger partial charge < -0.3 is 20.0 Å². The highest BCUT2D eigenvalue weighted by Gasteiger charge is 2.36. The van der Waals surface area contributed by atoms with Crippen molar-refractivity contribution in [1.82, 2.24) is 9.80 Å². The van der Waals surface area contributed by atoms with Gasteiger partial charge in [0.1, 0.15) is 0 Å². The molecule has 2 amide bonds. The van der Waals surface area contributed by atoms with Crippen LogP contribution < -0.4 is 0 Å². The molecular weight excluding hydrogens is 272 g/mol. The molecule has 0 aliphatic carbocycles. The summed E-state index contributed by atoms with van der Waals surface area (Å²) in [5.41, 5.74) is -0.599. The molecule has 6 heteroatoms. The fraction of sp³-hybridized carbons (Fsp3) is 0.867. The Balaban J connectivity index is 1.83. The van der Waals surface area contributed by atoms with E-state index in [0.717, 1.165) is 0 Å². The summed E-state index contributed by atoms with van der Waals surface area (Å²) >= 11 is 0. The molecule has 2 rings (SSSR count). The summed E-state index contributed by atoms with van der Waals surface area (Å²) in [5, 5.41) is 19.0. The first-order chi connectivity index (χ1) is 9.79. The minimum absolute atomic E-state index is 0.00769. The summed E-state index contributed by atoms with van der Waals surface area (Å²) in [4.78, 5) is 27.9. The number of nitrogens with zero attached hydrogens (tertiary/aromatic N) is 2. The molecule has 0 saturated carbocycles. The molecule has 0 radical (unpaired) electrons. The molecule has 0 spiro atoms. The molecule has 120 valence electrons. The van der Waals surface area contributed by atoms with Crippen LogP contribution in [0.25, 0.3) is 0 Å². The van der Waals surface area contributed by atoms with Crippen molar-refractivity contribution >= 4 is 11.8 Å². The summed E-state index contributed by atoms with van der Waals surface area (Å²) in [6, 6.07) is 0. The Morgan fingerprint density at radius 1 is 1.05 bits per heavy atom. The predicted octanol–water partition coefficient (Wildman–Crippen LogP) is -0.0208. The summed E-state index contributed by atoms with van der Waals surface area (Å²) in [7, 11) is 0. The molecule has 0 aromatic heterocycles. The number of β-amino-alcohol motifs (C(OH)–C–C–N with tert-alkyl or cyclic N) is 2. The Morgan fingerprint density at radius 2 is 1.57 bits per heavy atom. The van der Waals surface area contributed by atoms with Crippen molar-refractivity contribution in [2.75, 3.05) is 26.2 Å². The average Bonchev–Trinajstić information content (AvgIpc) is 3.04. The van der Waals surface area contributed by atoms with Crippen LogP contribution in [0.2, 0.25) is 0 Å². The van der Waals surface area contributed by atoms with Gasteiger partial charge in [0.05, 0.1) is 12.2 Å². The number of likely N-dealkylation sites (tertiary alicyclic amines) is 2. The smallest absolute Gasteiger partial charge is 0.228 e. The molecule has 2 atom stereocenters. The minimum Gasteiger partial charge on any atom is -0.391 e. The molecule has 2 heterocycles. The van der Waals surface area contributed by atoms with E-state index in [-0.39, 0.29) is 11.8 Å². The molecule has 0 aromatic rings. The second kappa shape index (κ2) is 6.32. The number of rotatable bonds is 4. The normalized spacial score (nSPS) is 26.5. The first kappa shape index (κ1) is 16.2. The second-order valence-corrected chi connectivity index (χ2v) is 6.86. The monoisotopic (exact) mass is 298 g/mol. The van der Waals surface area contributed by atoms with Crippen molar-refractivity contribution in [3.63, 3.8) is 0 Å². The molecular formula is C15H26N2O4. The maximum atomic E-state index is 12.4. The van der Waals surface area contributed by atoms with Crippen LogP contribution in [0.1, 0.15) is 39.5 Å². The maximum Gasteiger partial charge on any atom is 0.228 e. The van der Waals surface area contributed by atoms with E-state index in [2.05, 4.69) is 0 Å². The Labute approximate surface area is 125 Å². The van der Waals surface area contributed by atoms with E-state index in [9.17, 15) is 19.8 Å². The first-order valence-electron chi connectivity index (χ1n) is 7.73. The molecule has 2 fully saturated rings. The van der Waals surface area contributed by atoms with Gasteiger partial charge in [0.15, 0.2) is 0 Å². The van der Waals surface area contributed by atoms with Gasteiger partial charge in [-0.2, -0.15) is 0 Å². The lowest BCUT2D eigenvalue weighted by Gasteiger charge is -2.29. The number of aliphatic hydroxyl groups excluding tert-OH is 2. The van der Waals surface area contributed by atoms with Crippen LogP contribution in [0, 0.1) is 5.41 Å². The molecule has 6 nitrogen and oxygen atoms in total. The van der Waals surface area contributed by atoms with E-state index in [0.29, 0.717) is 51.9 Å². The number of aliphatic hydroxyl groups is 2. The van der Waals surface area contributed by atoms with Gasteiger partial charge in [-0.3, -0.25) is 9.59 Å². The van der Waals surface area contributed by atoms with E-state index in [1.807, 2.05) is 13.8 Å². The van der Waals surface area contributed by atoms with Crippen LogP contribution in [0.3, 0.4) is 0 Å². The lowest BCUT2D eigenvalue weighted by Crippen LogP contribution is -2.41. The van der Waals surface area contributed by atoms with Gasteiger partial charge in [0.2, 0.25) is 11.8 Å². The first-order valence-corrected chi connectivity index (χ1v) is 7.73. The highest BCUT2D eigenvalue weighted by molar-refractivity contribution is 5.83. The molecule has 0 aromatic carbocycles. The van der Waals surface area contributed by atoms with E-state index in [4.69, 9.17) is 0 Å². The zero-order chi connectivity index (χ0) is 15.6. The Kier molecular flexibility index (Phi) is 4.88. The molecule has 0 bridgehead atoms. The van der Waals surface area contributed by atoms with Gasteiger partial charge in [0, 0.05) is 38.0 Å². The van der Waals surface area contributed by atoms with Crippen molar-refractivity contribution in [1.29, 1.82) is 0 Å². The van der Waals surface area contributed by atoms with Crippen molar-refractivity contribution in [2.24, 2.45) is 5.41 Å². The SMILES string of the molecule is CC(C)(CCC(=O)N1CC[C@@H](O)C1)C(=O)N1CC[C@@H](O)C1. The van der Waals surface area contributed by atoms with Crippen LogP contribution in [-0.2, 0) is 9.59 Å². The fourth-order valence-corrected chi connectivity index (χ4v) is 3.01. The van der Waals surface area contributed by atoms with Gasteiger partial charge in [-0.05, 0) is 19.3 Å². The van der Waals surface area contributed by atoms with E-state index in [1.165, 1.54) is 0 Å². The van der Waals surface area contributed by atoms with Gasteiger partial charge >= 0.3 is 0 Å². The third-order valence-electron chi connectivity index (χ3n) is 4.51. The summed E-state index contributed by atoms with van der Waals surface area (Å²) in [5.74, 6) is 0.0159. The van der Waals surface area contributed by atoms with Gasteiger partial charge in [0.25, 0.3) is 0 Å². The zero-order valence-corrected chi connectivity index (χ0v) is 12.9. The van der Waals surface area contributed by atoms with Crippen molar-refractivity contribution < 1.29 is 19.8 Å². The molecule has 2 saturated heterocycles. The van der Waals surface area contributed by atoms with Crippen LogP contribution in [0.4, 0.5) is 0 Å². The Morgan fingerprint density at radius 3 is 2.05 bits per heavy atom.